The summed E-state index contributed by atoms with van der Waals surface area (Å²) in [6.45, 7) is 0.381. The van der Waals surface area contributed by atoms with Crippen LogP contribution in [0, 0.1) is 0 Å². The second-order valence-electron chi connectivity index (χ2n) is 5.93. The van der Waals surface area contributed by atoms with E-state index >= 15 is 0 Å². The average Bonchev–Trinajstić information content (AvgIpc) is 2.96. The third-order valence-electron chi connectivity index (χ3n) is 3.73. The van der Waals surface area contributed by atoms with Crippen molar-refractivity contribution in [3.63, 3.8) is 0 Å². The van der Waals surface area contributed by atoms with Gasteiger partial charge in [-0.25, -0.2) is 0 Å². The van der Waals surface area contributed by atoms with Crippen LogP contribution in [0.5, 0.6) is 0 Å². The highest BCUT2D eigenvalue weighted by atomic mass is 35.5. The van der Waals surface area contributed by atoms with Gasteiger partial charge in [-0.3, -0.25) is 4.68 Å². The van der Waals surface area contributed by atoms with Crippen molar-refractivity contribution in [3.8, 4) is 0 Å². The van der Waals surface area contributed by atoms with Gasteiger partial charge in [-0.15, -0.1) is 0 Å². The zero-order valence-corrected chi connectivity index (χ0v) is 17.5. The predicted molar refractivity (Wildman–Crippen MR) is 114 cm³/mol. The fourth-order valence-corrected chi connectivity index (χ4v) is 3.16. The Bertz CT molecular complexity index is 1050. The number of nitrogens with one attached hydrogen (secondary N) is 2. The summed E-state index contributed by atoms with van der Waals surface area (Å²) in [5, 5.41) is 10.9. The zero-order valence-electron chi connectivity index (χ0n) is 14.4. The number of halogens is 6. The van der Waals surface area contributed by atoms with Gasteiger partial charge in [0.25, 0.3) is 0 Å². The molecule has 0 aliphatic rings. The Morgan fingerprint density at radius 2 is 1.76 bits per heavy atom. The second kappa shape index (κ2) is 8.79. The monoisotopic (exact) mass is 478 g/mol. The molecule has 2 N–H and O–H groups in total. The predicted octanol–water partition coefficient (Wildman–Crippen LogP) is 6.72. The maximum absolute atomic E-state index is 12.8. The van der Waals surface area contributed by atoms with Crippen LogP contribution < -0.4 is 10.6 Å². The molecule has 1 heterocycles. The van der Waals surface area contributed by atoms with Crippen molar-refractivity contribution in [1.82, 2.24) is 9.78 Å². The van der Waals surface area contributed by atoms with Gasteiger partial charge in [0.15, 0.2) is 10.9 Å². The van der Waals surface area contributed by atoms with Crippen molar-refractivity contribution in [2.24, 2.45) is 0 Å². The van der Waals surface area contributed by atoms with Crippen LogP contribution in [0.4, 0.5) is 24.7 Å². The summed E-state index contributed by atoms with van der Waals surface area (Å²) in [7, 11) is 0. The molecule has 4 nitrogen and oxygen atoms in total. The lowest BCUT2D eigenvalue weighted by Crippen LogP contribution is -2.20. The topological polar surface area (TPSA) is 41.9 Å². The summed E-state index contributed by atoms with van der Waals surface area (Å²) < 4.78 is 40.0. The van der Waals surface area contributed by atoms with E-state index in [0.29, 0.717) is 21.6 Å². The Labute approximate surface area is 184 Å². The first-order chi connectivity index (χ1) is 13.6. The van der Waals surface area contributed by atoms with Gasteiger partial charge >= 0.3 is 6.18 Å². The van der Waals surface area contributed by atoms with Crippen LogP contribution in [0.3, 0.4) is 0 Å². The van der Waals surface area contributed by atoms with Gasteiger partial charge in [-0.05, 0) is 48.1 Å². The standard InChI is InChI=1S/C18H12Cl3F3N4S/c19-13-5-4-10(6-14(13)20)8-28-9-15(21)16(27-28)26-17(29)25-12-3-1-2-11(7-12)18(22,23)24/h1-7,9H,8H2,(H2,25,26,27,29). The maximum atomic E-state index is 12.8. The number of hydrogen-bond donors (Lipinski definition) is 2. The molecule has 0 spiro atoms. The molecule has 0 aliphatic heterocycles. The first-order valence-corrected chi connectivity index (χ1v) is 9.58. The Morgan fingerprint density at radius 1 is 1.00 bits per heavy atom. The largest absolute Gasteiger partial charge is 0.416 e. The molecule has 29 heavy (non-hydrogen) atoms. The molecule has 0 bridgehead atoms. The van der Waals surface area contributed by atoms with E-state index < -0.39 is 11.7 Å². The molecule has 0 atom stereocenters. The highest BCUT2D eigenvalue weighted by Crippen LogP contribution is 2.31. The third kappa shape index (κ3) is 5.76. The molecule has 0 radical (unpaired) electrons. The Balaban J connectivity index is 1.67. The number of anilines is 2. The quantitative estimate of drug-likeness (QED) is 0.408. The number of rotatable bonds is 4. The third-order valence-corrected chi connectivity index (χ3v) is 4.95. The van der Waals surface area contributed by atoms with E-state index in [1.54, 1.807) is 29.1 Å². The van der Waals surface area contributed by atoms with Crippen molar-refractivity contribution in [3.05, 3.63) is 74.9 Å². The fraction of sp³-hybridized carbons (Fsp3) is 0.111. The number of thiocarbonyl (C=S) groups is 1. The Morgan fingerprint density at radius 3 is 2.45 bits per heavy atom. The normalized spacial score (nSPS) is 11.4. The number of aromatic nitrogens is 2. The van der Waals surface area contributed by atoms with Crippen LogP contribution in [0.15, 0.2) is 48.7 Å². The first kappa shape index (κ1) is 21.7. The Kier molecular flexibility index (Phi) is 6.58. The van der Waals surface area contributed by atoms with Crippen molar-refractivity contribution in [2.45, 2.75) is 12.7 Å². The van der Waals surface area contributed by atoms with Crippen LogP contribution in [0.25, 0.3) is 0 Å². The summed E-state index contributed by atoms with van der Waals surface area (Å²) in [5.41, 5.74) is 0.257. The molecule has 11 heteroatoms. The van der Waals surface area contributed by atoms with E-state index in [1.807, 2.05) is 0 Å². The van der Waals surface area contributed by atoms with Crippen LogP contribution in [-0.2, 0) is 12.7 Å². The molecule has 152 valence electrons. The number of benzene rings is 2. The van der Waals surface area contributed by atoms with Crippen molar-refractivity contribution < 1.29 is 13.2 Å². The average molecular weight is 480 g/mol. The molecule has 0 saturated heterocycles. The molecule has 0 fully saturated rings. The molecular weight excluding hydrogens is 468 g/mol. The van der Waals surface area contributed by atoms with Gasteiger partial charge in [-0.2, -0.15) is 18.3 Å². The summed E-state index contributed by atoms with van der Waals surface area (Å²) in [6.07, 6.45) is -2.86. The number of hydrogen-bond acceptors (Lipinski definition) is 2. The van der Waals surface area contributed by atoms with Gasteiger partial charge < -0.3 is 10.6 Å². The summed E-state index contributed by atoms with van der Waals surface area (Å²) in [4.78, 5) is 0. The van der Waals surface area contributed by atoms with Crippen molar-refractivity contribution in [1.29, 1.82) is 0 Å². The van der Waals surface area contributed by atoms with Gasteiger partial charge in [0.1, 0.15) is 5.02 Å². The van der Waals surface area contributed by atoms with Crippen LogP contribution >= 0.6 is 47.0 Å². The molecule has 0 unspecified atom stereocenters. The number of nitrogens with zero attached hydrogens (tertiary/aromatic N) is 2. The molecule has 1 aromatic heterocycles. The minimum absolute atomic E-state index is 0.0472. The van der Waals surface area contributed by atoms with E-state index in [0.717, 1.165) is 17.7 Å². The van der Waals surface area contributed by atoms with Gasteiger partial charge in [0, 0.05) is 11.9 Å². The summed E-state index contributed by atoms with van der Waals surface area (Å²) >= 11 is 23.2. The Hall–Kier alpha value is -2.00. The lowest BCUT2D eigenvalue weighted by atomic mass is 10.2. The first-order valence-electron chi connectivity index (χ1n) is 8.04. The lowest BCUT2D eigenvalue weighted by molar-refractivity contribution is -0.137. The highest BCUT2D eigenvalue weighted by molar-refractivity contribution is 7.80. The van der Waals surface area contributed by atoms with Crippen molar-refractivity contribution in [2.75, 3.05) is 10.6 Å². The molecule has 0 saturated carbocycles. The van der Waals surface area contributed by atoms with Crippen LogP contribution in [-0.4, -0.2) is 14.9 Å². The van der Waals surface area contributed by atoms with E-state index in [-0.39, 0.29) is 16.6 Å². The maximum Gasteiger partial charge on any atom is 0.416 e. The SMILES string of the molecule is FC(F)(F)c1cccc(NC(=S)Nc2nn(Cc3ccc(Cl)c(Cl)c3)cc2Cl)c1. The van der Waals surface area contributed by atoms with Gasteiger partial charge in [-0.1, -0.05) is 46.9 Å². The smallest absolute Gasteiger partial charge is 0.332 e. The fourth-order valence-electron chi connectivity index (χ4n) is 2.43. The zero-order chi connectivity index (χ0) is 21.2. The van der Waals surface area contributed by atoms with E-state index in [1.165, 1.54) is 12.1 Å². The van der Waals surface area contributed by atoms with Crippen LogP contribution in [0.1, 0.15) is 11.1 Å². The minimum Gasteiger partial charge on any atom is -0.332 e. The second-order valence-corrected chi connectivity index (χ2v) is 7.56. The summed E-state index contributed by atoms with van der Waals surface area (Å²) in [6, 6.07) is 9.88. The van der Waals surface area contributed by atoms with E-state index in [4.69, 9.17) is 47.0 Å². The minimum atomic E-state index is -4.45. The van der Waals surface area contributed by atoms with E-state index in [2.05, 4.69) is 15.7 Å². The van der Waals surface area contributed by atoms with Gasteiger partial charge in [0.2, 0.25) is 0 Å². The summed E-state index contributed by atoms with van der Waals surface area (Å²) in [5.74, 6) is 0.260. The lowest BCUT2D eigenvalue weighted by Gasteiger charge is -2.12. The molecule has 0 amide bonds. The van der Waals surface area contributed by atoms with E-state index in [9.17, 15) is 13.2 Å². The molecule has 3 rings (SSSR count). The van der Waals surface area contributed by atoms with Gasteiger partial charge in [0.05, 0.1) is 22.2 Å². The van der Waals surface area contributed by atoms with Crippen LogP contribution in [0.2, 0.25) is 15.1 Å². The van der Waals surface area contributed by atoms with Crippen molar-refractivity contribution >= 4 is 63.6 Å². The molecule has 2 aromatic carbocycles. The molecule has 3 aromatic rings. The number of alkyl halides is 3. The molecule has 0 aliphatic carbocycles. The highest BCUT2D eigenvalue weighted by Gasteiger charge is 2.30. The molecular formula is C18H12Cl3F3N4S.